The van der Waals surface area contributed by atoms with Gasteiger partial charge >= 0.3 is 0 Å². The average molecular weight is 325 g/mol. The van der Waals surface area contributed by atoms with Crippen LogP contribution in [-0.2, 0) is 0 Å². The number of para-hydroxylation sites is 1. The Morgan fingerprint density at radius 2 is 2.08 bits per heavy atom. The van der Waals surface area contributed by atoms with Crippen molar-refractivity contribution in [2.45, 2.75) is 6.92 Å². The molecule has 0 atom stereocenters. The van der Waals surface area contributed by atoms with Crippen molar-refractivity contribution in [3.8, 4) is 17.6 Å². The minimum Gasteiger partial charge on any atom is -0.479 e. The lowest BCUT2D eigenvalue weighted by atomic mass is 10.1. The number of nitro benzene ring substituents is 1. The van der Waals surface area contributed by atoms with Crippen LogP contribution in [0.2, 0.25) is 0 Å². The van der Waals surface area contributed by atoms with Gasteiger partial charge in [-0.3, -0.25) is 19.9 Å². The third kappa shape index (κ3) is 4.81. The highest BCUT2D eigenvalue weighted by Gasteiger charge is 2.18. The first-order valence-corrected chi connectivity index (χ1v) is 7.10. The summed E-state index contributed by atoms with van der Waals surface area (Å²) in [5.41, 5.74) is 0.663. The molecule has 0 unspecified atom stereocenters. The van der Waals surface area contributed by atoms with Gasteiger partial charge in [0.05, 0.1) is 17.7 Å². The monoisotopic (exact) mass is 325 g/mol. The lowest BCUT2D eigenvalue weighted by Gasteiger charge is -2.02. The highest BCUT2D eigenvalue weighted by Crippen LogP contribution is 2.17. The van der Waals surface area contributed by atoms with Gasteiger partial charge in [0, 0.05) is 11.8 Å². The summed E-state index contributed by atoms with van der Waals surface area (Å²) in [4.78, 5) is 26.3. The van der Waals surface area contributed by atoms with E-state index in [1.165, 1.54) is 18.2 Å². The number of nitrogens with zero attached hydrogens (tertiary/aromatic N) is 2. The van der Waals surface area contributed by atoms with E-state index in [1.54, 1.807) is 18.3 Å². The Morgan fingerprint density at radius 3 is 2.79 bits per heavy atom. The van der Waals surface area contributed by atoms with Crippen molar-refractivity contribution >= 4 is 11.6 Å². The van der Waals surface area contributed by atoms with Gasteiger partial charge in [0.25, 0.3) is 11.6 Å². The van der Waals surface area contributed by atoms with Gasteiger partial charge in [-0.2, -0.15) is 0 Å². The zero-order valence-corrected chi connectivity index (χ0v) is 13.0. The Labute approximate surface area is 138 Å². The maximum atomic E-state index is 11.9. The number of carbonyl (C=O) groups excluding carboxylic acids is 1. The molecule has 2 aromatic rings. The van der Waals surface area contributed by atoms with E-state index in [-0.39, 0.29) is 24.4 Å². The molecule has 0 aliphatic rings. The van der Waals surface area contributed by atoms with Crippen molar-refractivity contribution in [3.05, 3.63) is 64.0 Å². The van der Waals surface area contributed by atoms with E-state index in [4.69, 9.17) is 4.74 Å². The van der Waals surface area contributed by atoms with E-state index in [2.05, 4.69) is 22.1 Å². The fourth-order valence-electron chi connectivity index (χ4n) is 1.82. The van der Waals surface area contributed by atoms with Crippen LogP contribution in [0.25, 0.3) is 0 Å². The molecule has 2 rings (SSSR count). The fraction of sp³-hybridized carbons (Fsp3) is 0.176. The predicted molar refractivity (Wildman–Crippen MR) is 87.7 cm³/mol. The van der Waals surface area contributed by atoms with Crippen LogP contribution in [0.5, 0.6) is 5.75 Å². The number of ether oxygens (including phenoxy) is 1. The third-order valence-electron chi connectivity index (χ3n) is 3.00. The molecule has 122 valence electrons. The summed E-state index contributed by atoms with van der Waals surface area (Å²) in [7, 11) is 0. The Morgan fingerprint density at radius 1 is 1.29 bits per heavy atom. The smallest absolute Gasteiger partial charge is 0.282 e. The molecule has 1 aromatic carbocycles. The van der Waals surface area contributed by atoms with Gasteiger partial charge in [0.1, 0.15) is 17.9 Å². The average Bonchev–Trinajstić information content (AvgIpc) is 2.59. The summed E-state index contributed by atoms with van der Waals surface area (Å²) in [6.07, 6.45) is 1.60. The summed E-state index contributed by atoms with van der Waals surface area (Å²) in [5, 5.41) is 13.4. The lowest BCUT2D eigenvalue weighted by molar-refractivity contribution is -0.385. The SMILES string of the molecule is Cc1ccc(OCC#CCNC(=O)c2ccccc2[N+](=O)[O-])cn1. The molecule has 0 radical (unpaired) electrons. The molecule has 0 aliphatic heterocycles. The lowest BCUT2D eigenvalue weighted by Crippen LogP contribution is -2.24. The number of benzene rings is 1. The number of rotatable bonds is 5. The van der Waals surface area contributed by atoms with Gasteiger partial charge in [0.2, 0.25) is 0 Å². The molecule has 24 heavy (non-hydrogen) atoms. The maximum Gasteiger partial charge on any atom is 0.282 e. The molecular weight excluding hydrogens is 310 g/mol. The van der Waals surface area contributed by atoms with Crippen LogP contribution in [0.3, 0.4) is 0 Å². The molecule has 0 spiro atoms. The fourth-order valence-corrected chi connectivity index (χ4v) is 1.82. The van der Waals surface area contributed by atoms with Crippen molar-refractivity contribution in [2.75, 3.05) is 13.2 Å². The summed E-state index contributed by atoms with van der Waals surface area (Å²) < 4.78 is 5.37. The van der Waals surface area contributed by atoms with Gasteiger partial charge in [-0.25, -0.2) is 0 Å². The topological polar surface area (TPSA) is 94.4 Å². The van der Waals surface area contributed by atoms with Crippen molar-refractivity contribution in [2.24, 2.45) is 0 Å². The second-order valence-electron chi connectivity index (χ2n) is 4.73. The Kier molecular flexibility index (Phi) is 5.86. The maximum absolute atomic E-state index is 11.9. The number of amides is 1. The Bertz CT molecular complexity index is 791. The Balaban J connectivity index is 1.81. The minimum absolute atomic E-state index is 0.00581. The number of aryl methyl sites for hydroxylation is 1. The van der Waals surface area contributed by atoms with Crippen LogP contribution in [0.15, 0.2) is 42.6 Å². The number of hydrogen-bond donors (Lipinski definition) is 1. The molecule has 7 nitrogen and oxygen atoms in total. The number of nitro groups is 1. The molecule has 1 heterocycles. The molecule has 1 amide bonds. The molecule has 1 N–H and O–H groups in total. The molecule has 0 fully saturated rings. The van der Waals surface area contributed by atoms with E-state index in [0.29, 0.717) is 5.75 Å². The number of carbonyl (C=O) groups is 1. The van der Waals surface area contributed by atoms with Crippen LogP contribution < -0.4 is 10.1 Å². The zero-order valence-electron chi connectivity index (χ0n) is 13.0. The van der Waals surface area contributed by atoms with E-state index in [0.717, 1.165) is 5.69 Å². The Hall–Kier alpha value is -3.40. The number of aromatic nitrogens is 1. The first kappa shape index (κ1) is 17.0. The van der Waals surface area contributed by atoms with Crippen molar-refractivity contribution in [1.82, 2.24) is 10.3 Å². The molecule has 1 aromatic heterocycles. The molecule has 0 bridgehead atoms. The van der Waals surface area contributed by atoms with Crippen LogP contribution in [0, 0.1) is 28.9 Å². The number of hydrogen-bond acceptors (Lipinski definition) is 5. The second kappa shape index (κ2) is 8.29. The molecular formula is C17H15N3O4. The summed E-state index contributed by atoms with van der Waals surface area (Å²) >= 11 is 0. The zero-order chi connectivity index (χ0) is 17.4. The van der Waals surface area contributed by atoms with Gasteiger partial charge in [0.15, 0.2) is 0 Å². The van der Waals surface area contributed by atoms with Gasteiger partial charge in [-0.15, -0.1) is 0 Å². The van der Waals surface area contributed by atoms with Crippen LogP contribution >= 0.6 is 0 Å². The minimum atomic E-state index is -0.593. The molecule has 0 saturated heterocycles. The van der Waals surface area contributed by atoms with Crippen LogP contribution in [0.1, 0.15) is 16.1 Å². The number of pyridine rings is 1. The van der Waals surface area contributed by atoms with Crippen LogP contribution in [0.4, 0.5) is 5.69 Å². The molecule has 0 saturated carbocycles. The third-order valence-corrected chi connectivity index (χ3v) is 3.00. The second-order valence-corrected chi connectivity index (χ2v) is 4.73. The van der Waals surface area contributed by atoms with Crippen molar-refractivity contribution in [1.29, 1.82) is 0 Å². The quantitative estimate of drug-likeness (QED) is 0.516. The first-order valence-electron chi connectivity index (χ1n) is 7.10. The van der Waals surface area contributed by atoms with E-state index >= 15 is 0 Å². The highest BCUT2D eigenvalue weighted by molar-refractivity contribution is 5.98. The van der Waals surface area contributed by atoms with Gasteiger partial charge < -0.3 is 10.1 Å². The number of nitrogens with one attached hydrogen (secondary N) is 1. The summed E-state index contributed by atoms with van der Waals surface area (Å²) in [5.74, 6) is 5.53. The molecule has 0 aliphatic carbocycles. The largest absolute Gasteiger partial charge is 0.479 e. The van der Waals surface area contributed by atoms with Gasteiger partial charge in [-0.1, -0.05) is 24.0 Å². The normalized spacial score (nSPS) is 9.54. The summed E-state index contributed by atoms with van der Waals surface area (Å²) in [6.45, 7) is 2.11. The molecule has 7 heteroatoms. The van der Waals surface area contributed by atoms with E-state index in [1.807, 2.05) is 13.0 Å². The van der Waals surface area contributed by atoms with E-state index < -0.39 is 10.8 Å². The predicted octanol–water partition coefficient (Wildman–Crippen LogP) is 2.11. The van der Waals surface area contributed by atoms with Crippen molar-refractivity contribution in [3.63, 3.8) is 0 Å². The first-order chi connectivity index (χ1) is 11.6. The standard InChI is InChI=1S/C17H15N3O4/c1-13-8-9-14(12-19-13)24-11-5-4-10-18-17(21)15-6-2-3-7-16(15)20(22)23/h2-3,6-9,12H,10-11H2,1H3,(H,18,21). The van der Waals surface area contributed by atoms with E-state index in [9.17, 15) is 14.9 Å². The van der Waals surface area contributed by atoms with Gasteiger partial charge in [-0.05, 0) is 25.1 Å². The summed E-state index contributed by atoms with van der Waals surface area (Å²) in [6, 6.07) is 9.37. The highest BCUT2D eigenvalue weighted by atomic mass is 16.6. The van der Waals surface area contributed by atoms with Crippen LogP contribution in [-0.4, -0.2) is 29.0 Å². The van der Waals surface area contributed by atoms with Crippen molar-refractivity contribution < 1.29 is 14.5 Å².